The normalized spacial score (nSPS) is 11.5. The van der Waals surface area contributed by atoms with Crippen molar-refractivity contribution in [2.45, 2.75) is 19.9 Å². The lowest BCUT2D eigenvalue weighted by Gasteiger charge is -2.19. The Morgan fingerprint density at radius 2 is 2.05 bits per heavy atom. The van der Waals surface area contributed by atoms with Gasteiger partial charge in [0.15, 0.2) is 0 Å². The van der Waals surface area contributed by atoms with Gasteiger partial charge in [0.25, 0.3) is 10.2 Å². The van der Waals surface area contributed by atoms with Gasteiger partial charge in [-0.25, -0.2) is 4.39 Å². The summed E-state index contributed by atoms with van der Waals surface area (Å²) < 4.78 is 41.2. The first kappa shape index (κ1) is 18.4. The smallest absolute Gasteiger partial charge is 0.279 e. The molecule has 0 saturated heterocycles. The van der Waals surface area contributed by atoms with Crippen LogP contribution in [0.4, 0.5) is 10.1 Å². The summed E-state index contributed by atoms with van der Waals surface area (Å²) in [4.78, 5) is 1.76. The summed E-state index contributed by atoms with van der Waals surface area (Å²) in [7, 11) is -0.504. The average molecular weight is 328 g/mol. The fourth-order valence-electron chi connectivity index (χ4n) is 1.75. The minimum atomic E-state index is -3.68. The summed E-state index contributed by atoms with van der Waals surface area (Å²) in [5.41, 5.74) is 1.00. The molecule has 0 saturated carbocycles. The Bertz CT molecular complexity index is 643. The van der Waals surface area contributed by atoms with Gasteiger partial charge in [-0.1, -0.05) is 6.07 Å². The number of hydrogen-bond donors (Lipinski definition) is 1. The molecular weight excluding hydrogens is 307 g/mol. The second-order valence-corrected chi connectivity index (χ2v) is 6.72. The van der Waals surface area contributed by atoms with E-state index >= 15 is 0 Å². The van der Waals surface area contributed by atoms with Crippen LogP contribution in [0.25, 0.3) is 0 Å². The van der Waals surface area contributed by atoms with E-state index in [1.807, 2.05) is 13.0 Å². The van der Waals surface area contributed by atoms with Gasteiger partial charge in [-0.15, -0.1) is 0 Å². The van der Waals surface area contributed by atoms with Gasteiger partial charge in [0.2, 0.25) is 0 Å². The number of nitrogens with one attached hydrogen (secondary N) is 1. The zero-order valence-corrected chi connectivity index (χ0v) is 13.8. The van der Waals surface area contributed by atoms with Crippen molar-refractivity contribution in [3.8, 4) is 6.07 Å². The van der Waals surface area contributed by atoms with Crippen LogP contribution in [0.2, 0.25) is 0 Å². The molecule has 0 radical (unpaired) electrons. The lowest BCUT2D eigenvalue weighted by molar-refractivity contribution is 0.464. The van der Waals surface area contributed by atoms with E-state index in [1.165, 1.54) is 13.1 Å². The van der Waals surface area contributed by atoms with Crippen LogP contribution in [0.1, 0.15) is 18.9 Å². The van der Waals surface area contributed by atoms with Gasteiger partial charge in [-0.2, -0.15) is 22.7 Å². The molecule has 0 fully saturated rings. The predicted octanol–water partition coefficient (Wildman–Crippen LogP) is 1.46. The van der Waals surface area contributed by atoms with Crippen LogP contribution < -0.4 is 9.62 Å². The van der Waals surface area contributed by atoms with Gasteiger partial charge >= 0.3 is 0 Å². The minimum absolute atomic E-state index is 0.00767. The van der Waals surface area contributed by atoms with Crippen molar-refractivity contribution in [1.29, 1.82) is 5.26 Å². The highest BCUT2D eigenvalue weighted by atomic mass is 32.2. The van der Waals surface area contributed by atoms with Crippen LogP contribution in [0, 0.1) is 17.1 Å². The second-order valence-electron chi connectivity index (χ2n) is 4.86. The predicted molar refractivity (Wildman–Crippen MR) is 84.0 cm³/mol. The number of anilines is 1. The molecule has 1 aromatic rings. The topological polar surface area (TPSA) is 76.4 Å². The Morgan fingerprint density at radius 3 is 2.59 bits per heavy atom. The summed E-state index contributed by atoms with van der Waals surface area (Å²) >= 11 is 0. The molecule has 0 unspecified atom stereocenters. The zero-order chi connectivity index (χ0) is 16.8. The fraction of sp³-hybridized carbons (Fsp3) is 0.500. The summed E-state index contributed by atoms with van der Waals surface area (Å²) in [6, 6.07) is 6.51. The van der Waals surface area contributed by atoms with E-state index in [4.69, 9.17) is 5.26 Å². The molecule has 0 aromatic heterocycles. The van der Waals surface area contributed by atoms with Crippen LogP contribution in [0.15, 0.2) is 18.2 Å². The summed E-state index contributed by atoms with van der Waals surface area (Å²) in [5.74, 6) is -0.390. The van der Waals surface area contributed by atoms with Crippen LogP contribution in [0.5, 0.6) is 0 Å². The van der Waals surface area contributed by atoms with E-state index in [0.29, 0.717) is 17.8 Å². The molecular formula is C14H21FN4O2S. The molecule has 0 atom stereocenters. The Labute approximate surface area is 131 Å². The first-order chi connectivity index (χ1) is 10.3. The Hall–Kier alpha value is -1.69. The molecule has 0 amide bonds. The van der Waals surface area contributed by atoms with E-state index < -0.39 is 10.2 Å². The zero-order valence-electron chi connectivity index (χ0n) is 13.0. The monoisotopic (exact) mass is 328 g/mol. The van der Waals surface area contributed by atoms with Crippen molar-refractivity contribution in [3.05, 3.63) is 29.6 Å². The molecule has 6 nitrogen and oxygen atoms in total. The molecule has 1 N–H and O–H groups in total. The van der Waals surface area contributed by atoms with Gasteiger partial charge < -0.3 is 4.90 Å². The molecule has 122 valence electrons. The maximum Gasteiger partial charge on any atom is 0.279 e. The average Bonchev–Trinajstić information content (AvgIpc) is 2.49. The van der Waals surface area contributed by atoms with Crippen molar-refractivity contribution in [3.63, 3.8) is 0 Å². The van der Waals surface area contributed by atoms with Crippen LogP contribution in [-0.4, -0.2) is 39.9 Å². The first-order valence-corrected chi connectivity index (χ1v) is 8.33. The molecule has 1 rings (SSSR count). The summed E-state index contributed by atoms with van der Waals surface area (Å²) in [6.45, 7) is 2.69. The lowest BCUT2D eigenvalue weighted by Crippen LogP contribution is -2.38. The maximum atomic E-state index is 14.0. The van der Waals surface area contributed by atoms with E-state index in [1.54, 1.807) is 24.1 Å². The van der Waals surface area contributed by atoms with Gasteiger partial charge in [0.05, 0.1) is 11.8 Å². The van der Waals surface area contributed by atoms with E-state index in [-0.39, 0.29) is 25.3 Å². The molecule has 22 heavy (non-hydrogen) atoms. The number of nitrogens with zero attached hydrogens (tertiary/aromatic N) is 3. The summed E-state index contributed by atoms with van der Waals surface area (Å²) in [6.07, 6.45) is 0.115. The SMILES string of the molecule is CCN(C)c1ccc(CNS(=O)(=O)N(C)CCC#N)cc1F. The minimum Gasteiger partial charge on any atom is -0.373 e. The highest BCUT2D eigenvalue weighted by Crippen LogP contribution is 2.19. The highest BCUT2D eigenvalue weighted by Gasteiger charge is 2.17. The first-order valence-electron chi connectivity index (χ1n) is 6.89. The molecule has 0 spiro atoms. The number of nitriles is 1. The third kappa shape index (κ3) is 4.94. The number of halogens is 1. The van der Waals surface area contributed by atoms with Crippen molar-refractivity contribution in [1.82, 2.24) is 9.03 Å². The van der Waals surface area contributed by atoms with Gasteiger partial charge in [-0.05, 0) is 24.6 Å². The van der Waals surface area contributed by atoms with Crippen LogP contribution in [-0.2, 0) is 16.8 Å². The number of hydrogen-bond acceptors (Lipinski definition) is 4. The highest BCUT2D eigenvalue weighted by molar-refractivity contribution is 7.87. The largest absolute Gasteiger partial charge is 0.373 e. The molecule has 8 heteroatoms. The van der Waals surface area contributed by atoms with Crippen LogP contribution in [0.3, 0.4) is 0 Å². The van der Waals surface area contributed by atoms with E-state index in [9.17, 15) is 12.8 Å². The molecule has 1 aromatic carbocycles. The fourth-order valence-corrected chi connectivity index (χ4v) is 2.65. The quantitative estimate of drug-likeness (QED) is 0.784. The van der Waals surface area contributed by atoms with Crippen LogP contribution >= 0.6 is 0 Å². The third-order valence-corrected chi connectivity index (χ3v) is 4.82. The maximum absolute atomic E-state index is 14.0. The lowest BCUT2D eigenvalue weighted by atomic mass is 10.2. The number of benzene rings is 1. The molecule has 0 aliphatic carbocycles. The van der Waals surface area contributed by atoms with Gasteiger partial charge in [-0.3, -0.25) is 0 Å². The molecule has 0 aliphatic rings. The second kappa shape index (κ2) is 8.08. The van der Waals surface area contributed by atoms with Gasteiger partial charge in [0.1, 0.15) is 5.82 Å². The van der Waals surface area contributed by atoms with Crippen molar-refractivity contribution in [2.75, 3.05) is 32.1 Å². The molecule has 0 aliphatic heterocycles. The van der Waals surface area contributed by atoms with Gasteiger partial charge in [0, 0.05) is 40.2 Å². The van der Waals surface area contributed by atoms with E-state index in [2.05, 4.69) is 4.72 Å². The van der Waals surface area contributed by atoms with Crippen molar-refractivity contribution >= 4 is 15.9 Å². The Morgan fingerprint density at radius 1 is 1.36 bits per heavy atom. The molecule has 0 heterocycles. The number of rotatable bonds is 8. The van der Waals surface area contributed by atoms with Crippen molar-refractivity contribution < 1.29 is 12.8 Å². The molecule has 0 bridgehead atoms. The van der Waals surface area contributed by atoms with Crippen molar-refractivity contribution in [2.24, 2.45) is 0 Å². The Kier molecular flexibility index (Phi) is 6.74. The summed E-state index contributed by atoms with van der Waals surface area (Å²) in [5, 5.41) is 8.47. The third-order valence-electron chi connectivity index (χ3n) is 3.31. The van der Waals surface area contributed by atoms with E-state index in [0.717, 1.165) is 4.31 Å². The standard InChI is InChI=1S/C14H21FN4O2S/c1-4-18(2)14-7-6-12(10-13(14)15)11-17-22(20,21)19(3)9-5-8-16/h6-7,10,17H,4-5,9,11H2,1-3H3. The Balaban J connectivity index is 2.73.